The third-order valence-corrected chi connectivity index (χ3v) is 3.01. The highest BCUT2D eigenvalue weighted by Gasteiger charge is 2.06. The van der Waals surface area contributed by atoms with Crippen LogP contribution in [0.3, 0.4) is 0 Å². The Hall–Kier alpha value is -2.23. The van der Waals surface area contributed by atoms with Gasteiger partial charge in [-0.25, -0.2) is 9.37 Å². The molecule has 0 atom stereocenters. The Morgan fingerprint density at radius 1 is 1.43 bits per heavy atom. The fourth-order valence-corrected chi connectivity index (χ4v) is 2.03. The SMILES string of the molecule is COCCNCc1nccn1Cc1cc(F)cc(C#N)c1. The van der Waals surface area contributed by atoms with Crippen LogP contribution in [0.15, 0.2) is 30.6 Å². The molecule has 0 amide bonds. The number of ether oxygens (including phenoxy) is 1. The first-order valence-electron chi connectivity index (χ1n) is 6.62. The van der Waals surface area contributed by atoms with Gasteiger partial charge in [0, 0.05) is 32.6 Å². The Morgan fingerprint density at radius 3 is 3.05 bits per heavy atom. The molecule has 2 aromatic rings. The van der Waals surface area contributed by atoms with E-state index in [1.165, 1.54) is 12.1 Å². The van der Waals surface area contributed by atoms with E-state index in [4.69, 9.17) is 10.00 Å². The van der Waals surface area contributed by atoms with E-state index < -0.39 is 5.82 Å². The van der Waals surface area contributed by atoms with Crippen LogP contribution < -0.4 is 5.32 Å². The minimum Gasteiger partial charge on any atom is -0.383 e. The van der Waals surface area contributed by atoms with Crippen molar-refractivity contribution in [3.05, 3.63) is 53.4 Å². The number of aromatic nitrogens is 2. The van der Waals surface area contributed by atoms with Gasteiger partial charge < -0.3 is 14.6 Å². The molecule has 0 saturated carbocycles. The summed E-state index contributed by atoms with van der Waals surface area (Å²) >= 11 is 0. The first-order valence-corrected chi connectivity index (χ1v) is 6.62. The Kier molecular flexibility index (Phi) is 5.43. The van der Waals surface area contributed by atoms with Crippen LogP contribution in [-0.4, -0.2) is 29.8 Å². The number of halogens is 1. The normalized spacial score (nSPS) is 10.5. The average molecular weight is 288 g/mol. The quantitative estimate of drug-likeness (QED) is 0.787. The summed E-state index contributed by atoms with van der Waals surface area (Å²) in [5, 5.41) is 12.1. The Bertz CT molecular complexity index is 633. The lowest BCUT2D eigenvalue weighted by Gasteiger charge is -2.09. The lowest BCUT2D eigenvalue weighted by Crippen LogP contribution is -2.21. The van der Waals surface area contributed by atoms with Gasteiger partial charge in [-0.05, 0) is 23.8 Å². The molecule has 0 unspecified atom stereocenters. The number of benzene rings is 1. The summed E-state index contributed by atoms with van der Waals surface area (Å²) < 4.78 is 20.3. The topological polar surface area (TPSA) is 62.9 Å². The van der Waals surface area contributed by atoms with E-state index in [2.05, 4.69) is 10.3 Å². The smallest absolute Gasteiger partial charge is 0.124 e. The van der Waals surface area contributed by atoms with Crippen molar-refractivity contribution >= 4 is 0 Å². The highest BCUT2D eigenvalue weighted by molar-refractivity contribution is 5.33. The zero-order chi connectivity index (χ0) is 15.1. The third kappa shape index (κ3) is 4.38. The molecule has 1 heterocycles. The zero-order valence-electron chi connectivity index (χ0n) is 11.8. The lowest BCUT2D eigenvalue weighted by molar-refractivity contribution is 0.199. The molecule has 21 heavy (non-hydrogen) atoms. The molecule has 6 heteroatoms. The van der Waals surface area contributed by atoms with E-state index in [0.29, 0.717) is 25.3 Å². The molecule has 0 saturated heterocycles. The first kappa shape index (κ1) is 15.2. The van der Waals surface area contributed by atoms with Crippen LogP contribution in [0.2, 0.25) is 0 Å². The summed E-state index contributed by atoms with van der Waals surface area (Å²) in [5.41, 5.74) is 1.06. The highest BCUT2D eigenvalue weighted by Crippen LogP contribution is 2.11. The largest absolute Gasteiger partial charge is 0.383 e. The van der Waals surface area contributed by atoms with E-state index >= 15 is 0 Å². The van der Waals surface area contributed by atoms with Crippen molar-refractivity contribution in [2.75, 3.05) is 20.3 Å². The summed E-state index contributed by atoms with van der Waals surface area (Å²) in [7, 11) is 1.65. The van der Waals surface area contributed by atoms with Crippen LogP contribution in [0.5, 0.6) is 0 Å². The van der Waals surface area contributed by atoms with Gasteiger partial charge in [-0.1, -0.05) is 0 Å². The molecular formula is C15H17FN4O. The summed E-state index contributed by atoms with van der Waals surface area (Å²) in [4.78, 5) is 4.28. The van der Waals surface area contributed by atoms with Crippen LogP contribution in [0.25, 0.3) is 0 Å². The molecule has 110 valence electrons. The van der Waals surface area contributed by atoms with Gasteiger partial charge in [0.2, 0.25) is 0 Å². The minimum atomic E-state index is -0.399. The molecule has 1 aromatic carbocycles. The maximum Gasteiger partial charge on any atom is 0.124 e. The van der Waals surface area contributed by atoms with Crippen molar-refractivity contribution in [3.8, 4) is 6.07 Å². The Labute approximate surface area is 123 Å². The lowest BCUT2D eigenvalue weighted by atomic mass is 10.1. The van der Waals surface area contributed by atoms with E-state index in [0.717, 1.165) is 17.9 Å². The van der Waals surface area contributed by atoms with Gasteiger partial charge in [0.1, 0.15) is 11.6 Å². The second kappa shape index (κ2) is 7.53. The number of rotatable bonds is 7. The molecule has 0 aliphatic carbocycles. The number of imidazole rings is 1. The van der Waals surface area contributed by atoms with Gasteiger partial charge in [-0.2, -0.15) is 5.26 Å². The van der Waals surface area contributed by atoms with Gasteiger partial charge >= 0.3 is 0 Å². The zero-order valence-corrected chi connectivity index (χ0v) is 11.8. The molecule has 0 bridgehead atoms. The fourth-order valence-electron chi connectivity index (χ4n) is 2.03. The summed E-state index contributed by atoms with van der Waals surface area (Å²) in [6.45, 7) is 2.46. The van der Waals surface area contributed by atoms with Crippen molar-refractivity contribution in [2.45, 2.75) is 13.1 Å². The summed E-state index contributed by atoms with van der Waals surface area (Å²) in [6, 6.07) is 6.31. The van der Waals surface area contributed by atoms with Gasteiger partial charge in [-0.3, -0.25) is 0 Å². The van der Waals surface area contributed by atoms with Crippen LogP contribution in [0.4, 0.5) is 4.39 Å². The number of nitriles is 1. The Balaban J connectivity index is 2.05. The first-order chi connectivity index (χ1) is 10.2. The second-order valence-electron chi connectivity index (χ2n) is 4.60. The van der Waals surface area contributed by atoms with E-state index in [1.54, 1.807) is 19.4 Å². The van der Waals surface area contributed by atoms with E-state index in [9.17, 15) is 4.39 Å². The van der Waals surface area contributed by atoms with Crippen LogP contribution in [0.1, 0.15) is 17.0 Å². The number of methoxy groups -OCH3 is 1. The van der Waals surface area contributed by atoms with Gasteiger partial charge in [0.05, 0.1) is 24.8 Å². The molecule has 0 spiro atoms. The Morgan fingerprint density at radius 2 is 2.29 bits per heavy atom. The molecular weight excluding hydrogens is 271 g/mol. The summed E-state index contributed by atoms with van der Waals surface area (Å²) in [6.07, 6.45) is 3.54. The second-order valence-corrected chi connectivity index (χ2v) is 4.60. The number of hydrogen-bond donors (Lipinski definition) is 1. The molecule has 0 aliphatic heterocycles. The van der Waals surface area contributed by atoms with Crippen molar-refractivity contribution in [2.24, 2.45) is 0 Å². The van der Waals surface area contributed by atoms with E-state index in [-0.39, 0.29) is 0 Å². The van der Waals surface area contributed by atoms with Gasteiger partial charge in [0.15, 0.2) is 0 Å². The highest BCUT2D eigenvalue weighted by atomic mass is 19.1. The molecule has 2 rings (SSSR count). The van der Waals surface area contributed by atoms with Crippen LogP contribution in [-0.2, 0) is 17.8 Å². The van der Waals surface area contributed by atoms with Crippen molar-refractivity contribution in [3.63, 3.8) is 0 Å². The monoisotopic (exact) mass is 288 g/mol. The molecule has 0 radical (unpaired) electrons. The predicted octanol–water partition coefficient (Wildman–Crippen LogP) is 1.68. The number of nitrogens with zero attached hydrogens (tertiary/aromatic N) is 3. The maximum absolute atomic E-state index is 13.4. The maximum atomic E-state index is 13.4. The number of nitrogens with one attached hydrogen (secondary N) is 1. The van der Waals surface area contributed by atoms with E-state index in [1.807, 2.05) is 16.8 Å². The van der Waals surface area contributed by atoms with Crippen LogP contribution >= 0.6 is 0 Å². The van der Waals surface area contributed by atoms with Crippen molar-refractivity contribution < 1.29 is 9.13 Å². The molecule has 0 aliphatic rings. The predicted molar refractivity (Wildman–Crippen MR) is 76.0 cm³/mol. The van der Waals surface area contributed by atoms with Crippen LogP contribution in [0, 0.1) is 17.1 Å². The van der Waals surface area contributed by atoms with Crippen molar-refractivity contribution in [1.29, 1.82) is 5.26 Å². The third-order valence-electron chi connectivity index (χ3n) is 3.01. The molecule has 0 fully saturated rings. The van der Waals surface area contributed by atoms with Crippen molar-refractivity contribution in [1.82, 2.24) is 14.9 Å². The fraction of sp³-hybridized carbons (Fsp3) is 0.333. The summed E-state index contributed by atoms with van der Waals surface area (Å²) in [5.74, 6) is 0.456. The van der Waals surface area contributed by atoms with Gasteiger partial charge in [0.25, 0.3) is 0 Å². The standard InChI is InChI=1S/C15H17FN4O/c1-21-5-3-18-10-15-19-2-4-20(15)11-13-6-12(9-17)7-14(16)8-13/h2,4,6-8,18H,3,5,10-11H2,1H3. The average Bonchev–Trinajstić information content (AvgIpc) is 2.90. The molecule has 1 N–H and O–H groups in total. The number of hydrogen-bond acceptors (Lipinski definition) is 4. The minimum absolute atomic E-state index is 0.324. The molecule has 1 aromatic heterocycles. The van der Waals surface area contributed by atoms with Gasteiger partial charge in [-0.15, -0.1) is 0 Å². The molecule has 5 nitrogen and oxygen atoms in total.